The Morgan fingerprint density at radius 1 is 1.19 bits per heavy atom. The summed E-state index contributed by atoms with van der Waals surface area (Å²) in [6.45, 7) is 6.35. The molecule has 194 valence electrons. The van der Waals surface area contributed by atoms with Crippen LogP contribution in [0.15, 0.2) is 35.5 Å². The van der Waals surface area contributed by atoms with Crippen LogP contribution in [0.3, 0.4) is 0 Å². The zero-order chi connectivity index (χ0) is 25.3. The van der Waals surface area contributed by atoms with E-state index in [1.54, 1.807) is 6.07 Å². The average molecular weight is 515 g/mol. The lowest BCUT2D eigenvalue weighted by Crippen LogP contribution is -2.73. The van der Waals surface area contributed by atoms with Crippen LogP contribution in [0.25, 0.3) is 0 Å². The molecule has 2 N–H and O–H groups in total. The van der Waals surface area contributed by atoms with Gasteiger partial charge in [-0.05, 0) is 69.2 Å². The number of fused-ring (bicyclic) bond motifs is 2. The fourth-order valence-electron chi connectivity index (χ4n) is 8.08. The van der Waals surface area contributed by atoms with Crippen LogP contribution in [-0.4, -0.2) is 40.6 Å². The van der Waals surface area contributed by atoms with E-state index in [1.165, 1.54) is 0 Å². The molecule has 7 nitrogen and oxygen atoms in total. The van der Waals surface area contributed by atoms with E-state index in [1.807, 2.05) is 19.1 Å². The molecule has 2 spiro atoms. The number of benzene rings is 1. The number of hydrogen-bond acceptors (Lipinski definition) is 6. The van der Waals surface area contributed by atoms with Gasteiger partial charge in [0, 0.05) is 39.8 Å². The first-order chi connectivity index (χ1) is 17.1. The number of oxime groups is 1. The van der Waals surface area contributed by atoms with Crippen molar-refractivity contribution in [3.8, 4) is 0 Å². The number of aryl methyl sites for hydroxylation is 1. The number of rotatable bonds is 4. The van der Waals surface area contributed by atoms with E-state index in [0.717, 1.165) is 49.8 Å². The van der Waals surface area contributed by atoms with Crippen LogP contribution in [0.5, 0.6) is 0 Å². The second kappa shape index (κ2) is 8.29. The fourth-order valence-corrected chi connectivity index (χ4v) is 8.26. The summed E-state index contributed by atoms with van der Waals surface area (Å²) in [6, 6.07) is 5.41. The molecule has 0 unspecified atom stereocenters. The summed E-state index contributed by atoms with van der Waals surface area (Å²) in [4.78, 5) is 30.5. The van der Waals surface area contributed by atoms with E-state index in [4.69, 9.17) is 26.2 Å². The van der Waals surface area contributed by atoms with Crippen molar-refractivity contribution in [2.24, 2.45) is 27.8 Å². The molecule has 1 amide bonds. The van der Waals surface area contributed by atoms with Crippen LogP contribution in [0.1, 0.15) is 64.4 Å². The maximum absolute atomic E-state index is 12.4. The summed E-state index contributed by atoms with van der Waals surface area (Å²) >= 11 is 6.16. The Hall–Kier alpha value is -1.93. The van der Waals surface area contributed by atoms with Crippen LogP contribution in [0.4, 0.5) is 5.69 Å². The third kappa shape index (κ3) is 3.35. The molecule has 36 heavy (non-hydrogen) atoms. The van der Waals surface area contributed by atoms with Gasteiger partial charge in [0.1, 0.15) is 11.2 Å². The zero-order valence-corrected chi connectivity index (χ0v) is 21.9. The SMILES string of the molecule is Cc1ccc(NC(=O)CO/N=C2\CC[C@H]3[C@@]45C=C[C@]6(C[C@@H](O)CC[C@]6(C)[C@@H]4CC[C@]23C)OO5)cc1Cl. The molecule has 3 saturated carbocycles. The smallest absolute Gasteiger partial charge is 0.265 e. The number of nitrogens with one attached hydrogen (secondary N) is 1. The number of aliphatic hydroxyl groups excluding tert-OH is 1. The van der Waals surface area contributed by atoms with Crippen molar-refractivity contribution in [3.05, 3.63) is 40.9 Å². The number of anilines is 1. The Kier molecular flexibility index (Phi) is 5.62. The molecule has 2 aliphatic heterocycles. The second-order valence-corrected chi connectivity index (χ2v) is 12.4. The van der Waals surface area contributed by atoms with Gasteiger partial charge in [-0.25, -0.2) is 9.78 Å². The van der Waals surface area contributed by atoms with E-state index in [2.05, 4.69) is 36.5 Å². The first-order valence-electron chi connectivity index (χ1n) is 13.1. The van der Waals surface area contributed by atoms with Gasteiger partial charge in [0.2, 0.25) is 0 Å². The van der Waals surface area contributed by atoms with Crippen LogP contribution in [-0.2, 0) is 19.4 Å². The highest BCUT2D eigenvalue weighted by atomic mass is 35.5. The van der Waals surface area contributed by atoms with Crippen molar-refractivity contribution in [3.63, 3.8) is 0 Å². The number of hydrogen-bond donors (Lipinski definition) is 2. The summed E-state index contributed by atoms with van der Waals surface area (Å²) in [5, 5.41) is 18.3. The minimum absolute atomic E-state index is 0.0616. The van der Waals surface area contributed by atoms with Crippen LogP contribution >= 0.6 is 11.6 Å². The van der Waals surface area contributed by atoms with Gasteiger partial charge in [0.15, 0.2) is 6.61 Å². The van der Waals surface area contributed by atoms with E-state index >= 15 is 0 Å². The number of aliphatic hydroxyl groups is 1. The minimum Gasteiger partial charge on any atom is -0.393 e. The number of nitrogens with zero attached hydrogens (tertiary/aromatic N) is 1. The van der Waals surface area contributed by atoms with Gasteiger partial charge >= 0.3 is 0 Å². The molecule has 0 radical (unpaired) electrons. The van der Waals surface area contributed by atoms with Crippen molar-refractivity contribution in [1.29, 1.82) is 0 Å². The predicted octanol–water partition coefficient (Wildman–Crippen LogP) is 5.35. The molecule has 1 aromatic rings. The van der Waals surface area contributed by atoms with Gasteiger partial charge in [0.05, 0.1) is 11.8 Å². The fraction of sp³-hybridized carbons (Fsp3) is 0.643. The van der Waals surface area contributed by atoms with Gasteiger partial charge in [-0.15, -0.1) is 0 Å². The molecule has 2 heterocycles. The van der Waals surface area contributed by atoms with E-state index in [0.29, 0.717) is 23.0 Å². The predicted molar refractivity (Wildman–Crippen MR) is 136 cm³/mol. The summed E-state index contributed by atoms with van der Waals surface area (Å²) in [6.07, 6.45) is 10.1. The summed E-state index contributed by atoms with van der Waals surface area (Å²) in [5.41, 5.74) is 1.30. The molecular weight excluding hydrogens is 480 g/mol. The Balaban J connectivity index is 1.18. The normalized spacial score (nSPS) is 43.6. The Labute approximate surface area is 217 Å². The molecule has 8 heteroatoms. The molecule has 7 atom stereocenters. The molecule has 7 rings (SSSR count). The van der Waals surface area contributed by atoms with Gasteiger partial charge in [-0.1, -0.05) is 42.7 Å². The van der Waals surface area contributed by atoms with Gasteiger partial charge < -0.3 is 15.3 Å². The lowest BCUT2D eigenvalue weighted by atomic mass is 9.43. The Morgan fingerprint density at radius 2 is 2.03 bits per heavy atom. The molecule has 1 saturated heterocycles. The zero-order valence-electron chi connectivity index (χ0n) is 21.2. The van der Waals surface area contributed by atoms with Crippen molar-refractivity contribution >= 4 is 28.9 Å². The topological polar surface area (TPSA) is 89.4 Å². The van der Waals surface area contributed by atoms with Crippen molar-refractivity contribution in [1.82, 2.24) is 0 Å². The Bertz CT molecular complexity index is 1150. The summed E-state index contributed by atoms with van der Waals surface area (Å²) in [5.74, 6) is 0.277. The highest BCUT2D eigenvalue weighted by Gasteiger charge is 2.74. The quantitative estimate of drug-likeness (QED) is 0.321. The lowest BCUT2D eigenvalue weighted by Gasteiger charge is -2.69. The summed E-state index contributed by atoms with van der Waals surface area (Å²) in [7, 11) is 0. The van der Waals surface area contributed by atoms with E-state index in [9.17, 15) is 9.90 Å². The molecule has 1 aromatic carbocycles. The highest BCUT2D eigenvalue weighted by molar-refractivity contribution is 6.31. The van der Waals surface area contributed by atoms with Gasteiger partial charge in [-0.2, -0.15) is 0 Å². The largest absolute Gasteiger partial charge is 0.393 e. The molecule has 4 aliphatic carbocycles. The van der Waals surface area contributed by atoms with E-state index < -0.39 is 11.2 Å². The van der Waals surface area contributed by atoms with Crippen LogP contribution < -0.4 is 5.32 Å². The van der Waals surface area contributed by atoms with Crippen molar-refractivity contribution in [2.75, 3.05) is 11.9 Å². The highest BCUT2D eigenvalue weighted by Crippen LogP contribution is 2.70. The first-order valence-corrected chi connectivity index (χ1v) is 13.5. The second-order valence-electron chi connectivity index (χ2n) is 12.0. The summed E-state index contributed by atoms with van der Waals surface area (Å²) < 4.78 is 0. The van der Waals surface area contributed by atoms with Gasteiger partial charge in [0.25, 0.3) is 5.91 Å². The molecular formula is C28H35ClN2O5. The third-order valence-corrected chi connectivity index (χ3v) is 10.6. The van der Waals surface area contributed by atoms with Gasteiger partial charge in [-0.3, -0.25) is 4.79 Å². The lowest BCUT2D eigenvalue weighted by molar-refractivity contribution is -0.496. The van der Waals surface area contributed by atoms with Crippen LogP contribution in [0.2, 0.25) is 5.02 Å². The van der Waals surface area contributed by atoms with Crippen molar-refractivity contribution < 1.29 is 24.5 Å². The number of halogens is 1. The van der Waals surface area contributed by atoms with E-state index in [-0.39, 0.29) is 35.4 Å². The minimum atomic E-state index is -0.543. The number of amides is 1. The van der Waals surface area contributed by atoms with Crippen LogP contribution in [0, 0.1) is 29.6 Å². The molecule has 6 aliphatic rings. The molecule has 2 bridgehead atoms. The molecule has 0 aromatic heterocycles. The maximum atomic E-state index is 12.4. The van der Waals surface area contributed by atoms with Crippen molar-refractivity contribution in [2.45, 2.75) is 83.0 Å². The first kappa shape index (κ1) is 24.4. The Morgan fingerprint density at radius 3 is 2.78 bits per heavy atom. The number of carbonyl (C=O) groups is 1. The standard InChI is InChI=1S/C28H35ClN2O5/c1-17-4-5-18(14-20(17)29)30-24(33)16-34-31-23-7-6-21-25(23,2)10-9-22-26(3)11-8-19(32)15-27(26)12-13-28(21,22)36-35-27/h4-5,12-14,19,21-22,32H,6-11,15-16H2,1-3H3,(H,30,33)/b31-23+/t19-,21+,22-,25-,26+,27+,28-/m0/s1. The average Bonchev–Trinajstić information content (AvgIpc) is 3.18. The number of carbonyl (C=O) groups excluding carboxylic acids is 1. The molecule has 4 fully saturated rings. The maximum Gasteiger partial charge on any atom is 0.265 e. The monoisotopic (exact) mass is 514 g/mol. The third-order valence-electron chi connectivity index (χ3n) is 10.2.